The highest BCUT2D eigenvalue weighted by Crippen LogP contribution is 2.23. The van der Waals surface area contributed by atoms with Gasteiger partial charge in [0.1, 0.15) is 5.75 Å². The van der Waals surface area contributed by atoms with E-state index in [1.165, 1.54) is 6.26 Å². The van der Waals surface area contributed by atoms with Crippen molar-refractivity contribution < 1.29 is 18.5 Å². The zero-order chi connectivity index (χ0) is 16.1. The number of aryl methyl sites for hydroxylation is 1. The van der Waals surface area contributed by atoms with Crippen LogP contribution in [-0.2, 0) is 11.2 Å². The Balaban J connectivity index is 1.57. The molecule has 1 amide bonds. The molecule has 0 bridgehead atoms. The molecule has 7 nitrogen and oxygen atoms in total. The van der Waals surface area contributed by atoms with Crippen LogP contribution >= 0.6 is 0 Å². The van der Waals surface area contributed by atoms with Gasteiger partial charge in [0.2, 0.25) is 17.6 Å². The topological polar surface area (TPSA) is 90.4 Å². The van der Waals surface area contributed by atoms with Gasteiger partial charge in [0.15, 0.2) is 5.76 Å². The van der Waals surface area contributed by atoms with E-state index in [4.69, 9.17) is 13.7 Å². The average Bonchev–Trinajstić information content (AvgIpc) is 3.24. The van der Waals surface area contributed by atoms with E-state index >= 15 is 0 Å². The normalized spacial score (nSPS) is 10.5. The predicted molar refractivity (Wildman–Crippen MR) is 81.9 cm³/mol. The lowest BCUT2D eigenvalue weighted by atomic mass is 10.2. The SMILES string of the molecule is COc1ccccc1NC(=O)CCc1nc(-c2ccco2)no1. The van der Waals surface area contributed by atoms with Gasteiger partial charge in [0.05, 0.1) is 19.1 Å². The van der Waals surface area contributed by atoms with Crippen molar-refractivity contribution in [1.29, 1.82) is 0 Å². The molecule has 0 spiro atoms. The predicted octanol–water partition coefficient (Wildman–Crippen LogP) is 2.91. The number of carbonyl (C=O) groups excluding carboxylic acids is 1. The van der Waals surface area contributed by atoms with Gasteiger partial charge in [-0.25, -0.2) is 0 Å². The largest absolute Gasteiger partial charge is 0.495 e. The lowest BCUT2D eigenvalue weighted by molar-refractivity contribution is -0.116. The number of anilines is 1. The number of carbonyl (C=O) groups is 1. The molecule has 0 aliphatic rings. The summed E-state index contributed by atoms with van der Waals surface area (Å²) in [6.45, 7) is 0. The van der Waals surface area contributed by atoms with Gasteiger partial charge in [0, 0.05) is 12.8 Å². The maximum absolute atomic E-state index is 12.0. The van der Waals surface area contributed by atoms with Gasteiger partial charge >= 0.3 is 0 Å². The van der Waals surface area contributed by atoms with Crippen molar-refractivity contribution in [2.24, 2.45) is 0 Å². The fourth-order valence-electron chi connectivity index (χ4n) is 2.04. The van der Waals surface area contributed by atoms with E-state index in [9.17, 15) is 4.79 Å². The number of rotatable bonds is 6. The van der Waals surface area contributed by atoms with Crippen LogP contribution in [0.25, 0.3) is 11.6 Å². The standard InChI is InChI=1S/C16H15N3O4/c1-21-12-6-3-2-5-11(12)17-14(20)8-9-15-18-16(19-23-15)13-7-4-10-22-13/h2-7,10H,8-9H2,1H3,(H,17,20). The third kappa shape index (κ3) is 3.57. The van der Waals surface area contributed by atoms with E-state index in [1.807, 2.05) is 12.1 Å². The van der Waals surface area contributed by atoms with Gasteiger partial charge < -0.3 is 19.0 Å². The van der Waals surface area contributed by atoms with Crippen LogP contribution in [0, 0.1) is 0 Å². The van der Waals surface area contributed by atoms with E-state index < -0.39 is 0 Å². The summed E-state index contributed by atoms with van der Waals surface area (Å²) in [4.78, 5) is 16.2. The number of hydrogen-bond donors (Lipinski definition) is 1. The Labute approximate surface area is 132 Å². The van der Waals surface area contributed by atoms with Gasteiger partial charge in [-0.2, -0.15) is 4.98 Å². The third-order valence-corrected chi connectivity index (χ3v) is 3.16. The second-order valence-electron chi connectivity index (χ2n) is 4.74. The van der Waals surface area contributed by atoms with Crippen molar-refractivity contribution >= 4 is 11.6 Å². The number of hydrogen-bond acceptors (Lipinski definition) is 6. The van der Waals surface area contributed by atoms with Crippen molar-refractivity contribution in [2.75, 3.05) is 12.4 Å². The minimum absolute atomic E-state index is 0.160. The monoisotopic (exact) mass is 313 g/mol. The molecule has 23 heavy (non-hydrogen) atoms. The van der Waals surface area contributed by atoms with Gasteiger partial charge in [-0.05, 0) is 24.3 Å². The number of benzene rings is 1. The van der Waals surface area contributed by atoms with Gasteiger partial charge in [0.25, 0.3) is 0 Å². The minimum Gasteiger partial charge on any atom is -0.495 e. The van der Waals surface area contributed by atoms with E-state index in [1.54, 1.807) is 31.4 Å². The summed E-state index contributed by atoms with van der Waals surface area (Å²) in [5.41, 5.74) is 0.627. The Kier molecular flexibility index (Phi) is 4.37. The number of methoxy groups -OCH3 is 1. The molecule has 0 saturated heterocycles. The van der Waals surface area contributed by atoms with E-state index in [2.05, 4.69) is 15.5 Å². The molecule has 0 unspecified atom stereocenters. The second-order valence-corrected chi connectivity index (χ2v) is 4.74. The van der Waals surface area contributed by atoms with Crippen LogP contribution < -0.4 is 10.1 Å². The minimum atomic E-state index is -0.160. The molecular formula is C16H15N3O4. The van der Waals surface area contributed by atoms with Crippen molar-refractivity contribution in [3.8, 4) is 17.3 Å². The number of ether oxygens (including phenoxy) is 1. The first kappa shape index (κ1) is 14.8. The highest BCUT2D eigenvalue weighted by Gasteiger charge is 2.13. The first-order chi connectivity index (χ1) is 11.3. The van der Waals surface area contributed by atoms with Gasteiger partial charge in [-0.3, -0.25) is 4.79 Å². The smallest absolute Gasteiger partial charge is 0.238 e. The molecule has 1 N–H and O–H groups in total. The van der Waals surface area contributed by atoms with Crippen LogP contribution in [0.3, 0.4) is 0 Å². The maximum Gasteiger partial charge on any atom is 0.238 e. The van der Waals surface area contributed by atoms with Crippen LogP contribution in [0.15, 0.2) is 51.6 Å². The molecule has 7 heteroatoms. The molecule has 0 radical (unpaired) electrons. The summed E-state index contributed by atoms with van der Waals surface area (Å²) in [5, 5.41) is 6.61. The number of nitrogens with zero attached hydrogens (tertiary/aromatic N) is 2. The Morgan fingerprint density at radius 1 is 1.26 bits per heavy atom. The summed E-state index contributed by atoms with van der Waals surface area (Å²) < 4.78 is 15.5. The Bertz CT molecular complexity index is 780. The molecule has 2 aromatic heterocycles. The lowest BCUT2D eigenvalue weighted by Crippen LogP contribution is -2.13. The molecule has 0 aliphatic heterocycles. The fraction of sp³-hybridized carbons (Fsp3) is 0.188. The molecule has 0 saturated carbocycles. The molecule has 0 fully saturated rings. The summed E-state index contributed by atoms with van der Waals surface area (Å²) in [5.74, 6) is 1.73. The molecule has 0 aliphatic carbocycles. The molecule has 3 aromatic rings. The Morgan fingerprint density at radius 3 is 2.91 bits per heavy atom. The van der Waals surface area contributed by atoms with Gasteiger partial charge in [-0.15, -0.1) is 0 Å². The molecule has 2 heterocycles. The second kappa shape index (κ2) is 6.78. The highest BCUT2D eigenvalue weighted by molar-refractivity contribution is 5.92. The number of aromatic nitrogens is 2. The van der Waals surface area contributed by atoms with Crippen LogP contribution in [0.1, 0.15) is 12.3 Å². The molecule has 118 valence electrons. The first-order valence-corrected chi connectivity index (χ1v) is 7.05. The highest BCUT2D eigenvalue weighted by atomic mass is 16.5. The van der Waals surface area contributed by atoms with Crippen LogP contribution in [0.4, 0.5) is 5.69 Å². The molecule has 3 rings (SSSR count). The zero-order valence-electron chi connectivity index (χ0n) is 12.5. The summed E-state index contributed by atoms with van der Waals surface area (Å²) >= 11 is 0. The number of amides is 1. The Morgan fingerprint density at radius 2 is 2.13 bits per heavy atom. The van der Waals surface area contributed by atoms with Crippen LogP contribution in [0.5, 0.6) is 5.75 Å². The van der Waals surface area contributed by atoms with E-state index in [-0.39, 0.29) is 12.3 Å². The summed E-state index contributed by atoms with van der Waals surface area (Å²) in [7, 11) is 1.56. The average molecular weight is 313 g/mol. The number of para-hydroxylation sites is 2. The summed E-state index contributed by atoms with van der Waals surface area (Å²) in [6, 6.07) is 10.7. The zero-order valence-corrected chi connectivity index (χ0v) is 12.5. The van der Waals surface area contributed by atoms with E-state index in [0.29, 0.717) is 35.3 Å². The summed E-state index contributed by atoms with van der Waals surface area (Å²) in [6.07, 6.45) is 2.10. The van der Waals surface area contributed by atoms with Gasteiger partial charge in [-0.1, -0.05) is 17.3 Å². The Hall–Kier alpha value is -3.09. The molecule has 0 atom stereocenters. The van der Waals surface area contributed by atoms with Crippen LogP contribution in [0.2, 0.25) is 0 Å². The quantitative estimate of drug-likeness (QED) is 0.752. The van der Waals surface area contributed by atoms with Crippen molar-refractivity contribution in [2.45, 2.75) is 12.8 Å². The van der Waals surface area contributed by atoms with E-state index in [0.717, 1.165) is 0 Å². The van der Waals surface area contributed by atoms with Crippen molar-refractivity contribution in [3.63, 3.8) is 0 Å². The first-order valence-electron chi connectivity index (χ1n) is 7.05. The number of nitrogens with one attached hydrogen (secondary N) is 1. The maximum atomic E-state index is 12.0. The molecule has 1 aromatic carbocycles. The number of furan rings is 1. The van der Waals surface area contributed by atoms with Crippen molar-refractivity contribution in [3.05, 3.63) is 48.6 Å². The van der Waals surface area contributed by atoms with Crippen LogP contribution in [-0.4, -0.2) is 23.2 Å². The fourth-order valence-corrected chi connectivity index (χ4v) is 2.04. The lowest BCUT2D eigenvalue weighted by Gasteiger charge is -2.08. The third-order valence-electron chi connectivity index (χ3n) is 3.16. The van der Waals surface area contributed by atoms with Crippen molar-refractivity contribution in [1.82, 2.24) is 10.1 Å². The molecular weight excluding hydrogens is 298 g/mol.